The Kier molecular flexibility index (Phi) is 6.72. The maximum Gasteiger partial charge on any atom is 0.258 e. The van der Waals surface area contributed by atoms with Crippen molar-refractivity contribution in [2.45, 2.75) is 6.92 Å². The first-order valence-corrected chi connectivity index (χ1v) is 10.5. The van der Waals surface area contributed by atoms with Gasteiger partial charge in [-0.2, -0.15) is 4.52 Å². The van der Waals surface area contributed by atoms with Crippen LogP contribution in [0.1, 0.15) is 5.56 Å². The quantitative estimate of drug-likeness (QED) is 0.390. The first-order valence-electron chi connectivity index (χ1n) is 9.77. The number of benzene rings is 2. The van der Waals surface area contributed by atoms with E-state index in [0.29, 0.717) is 39.7 Å². The lowest BCUT2D eigenvalue weighted by atomic mass is 10.2. The number of hydrogen-bond acceptors (Lipinski definition) is 6. The summed E-state index contributed by atoms with van der Waals surface area (Å²) < 4.78 is 12.7. The molecule has 1 N–H and O–H groups in total. The molecule has 0 spiro atoms. The zero-order valence-electron chi connectivity index (χ0n) is 17.1. The third-order valence-electron chi connectivity index (χ3n) is 4.53. The molecule has 0 aliphatic heterocycles. The standard InChI is InChI=1S/C22H19Cl2N5O3/c1-14-12-15(6-7-17(14)23)32-13-20(30)25-10-11-31-21-9-8-19-26-27-22(29(19)28-21)16-4-2-3-5-18(16)24/h2-9,12H,10-11,13H2,1H3,(H,25,30). The molecule has 4 aromatic rings. The summed E-state index contributed by atoms with van der Waals surface area (Å²) in [5.74, 6) is 1.20. The van der Waals surface area contributed by atoms with E-state index in [-0.39, 0.29) is 19.1 Å². The zero-order chi connectivity index (χ0) is 22.5. The fraction of sp³-hybridized carbons (Fsp3) is 0.182. The van der Waals surface area contributed by atoms with E-state index in [9.17, 15) is 4.79 Å². The smallest absolute Gasteiger partial charge is 0.258 e. The Hall–Kier alpha value is -3.36. The molecule has 0 saturated heterocycles. The molecule has 32 heavy (non-hydrogen) atoms. The molecule has 0 fully saturated rings. The Labute approximate surface area is 194 Å². The minimum atomic E-state index is -0.260. The number of aromatic nitrogens is 4. The lowest BCUT2D eigenvalue weighted by Crippen LogP contribution is -2.32. The molecular formula is C22H19Cl2N5O3. The van der Waals surface area contributed by atoms with E-state index in [1.54, 1.807) is 40.9 Å². The number of nitrogens with zero attached hydrogens (tertiary/aromatic N) is 4. The number of ether oxygens (including phenoxy) is 2. The summed E-state index contributed by atoms with van der Waals surface area (Å²) in [7, 11) is 0. The van der Waals surface area contributed by atoms with Gasteiger partial charge >= 0.3 is 0 Å². The van der Waals surface area contributed by atoms with E-state index in [1.807, 2.05) is 25.1 Å². The second-order valence-corrected chi connectivity index (χ2v) is 7.66. The number of nitrogens with one attached hydrogen (secondary N) is 1. The first-order chi connectivity index (χ1) is 15.5. The van der Waals surface area contributed by atoms with E-state index in [4.69, 9.17) is 32.7 Å². The average Bonchev–Trinajstić information content (AvgIpc) is 3.21. The van der Waals surface area contributed by atoms with Crippen molar-refractivity contribution < 1.29 is 14.3 Å². The summed E-state index contributed by atoms with van der Waals surface area (Å²) in [6, 6.07) is 16.0. The molecule has 0 aliphatic carbocycles. The van der Waals surface area contributed by atoms with Crippen molar-refractivity contribution in [1.29, 1.82) is 0 Å². The first kappa shape index (κ1) is 21.9. The highest BCUT2D eigenvalue weighted by Gasteiger charge is 2.13. The molecule has 0 atom stereocenters. The van der Waals surface area contributed by atoms with Crippen LogP contribution in [0.25, 0.3) is 17.0 Å². The normalized spacial score (nSPS) is 10.8. The highest BCUT2D eigenvalue weighted by molar-refractivity contribution is 6.33. The third-order valence-corrected chi connectivity index (χ3v) is 5.28. The summed E-state index contributed by atoms with van der Waals surface area (Å²) in [6.07, 6.45) is 0. The molecule has 0 aliphatic rings. The van der Waals surface area contributed by atoms with Gasteiger partial charge in [-0.25, -0.2) is 0 Å². The maximum absolute atomic E-state index is 12.0. The molecule has 0 saturated carbocycles. The molecule has 2 heterocycles. The van der Waals surface area contributed by atoms with Crippen LogP contribution in [0.2, 0.25) is 10.0 Å². The topological polar surface area (TPSA) is 90.6 Å². The van der Waals surface area contributed by atoms with Gasteiger partial charge in [0.15, 0.2) is 18.1 Å². The van der Waals surface area contributed by atoms with Gasteiger partial charge in [0.2, 0.25) is 5.88 Å². The number of fused-ring (bicyclic) bond motifs is 1. The van der Waals surface area contributed by atoms with Crippen LogP contribution < -0.4 is 14.8 Å². The highest BCUT2D eigenvalue weighted by Crippen LogP contribution is 2.26. The van der Waals surface area contributed by atoms with Gasteiger partial charge in [-0.05, 0) is 48.9 Å². The Bertz CT molecular complexity index is 1260. The minimum Gasteiger partial charge on any atom is -0.484 e. The van der Waals surface area contributed by atoms with Crippen molar-refractivity contribution in [3.05, 3.63) is 70.2 Å². The Morgan fingerprint density at radius 3 is 2.69 bits per heavy atom. The van der Waals surface area contributed by atoms with Crippen molar-refractivity contribution >= 4 is 34.8 Å². The van der Waals surface area contributed by atoms with Gasteiger partial charge in [0.05, 0.1) is 11.6 Å². The van der Waals surface area contributed by atoms with Crippen LogP contribution in [0, 0.1) is 6.92 Å². The summed E-state index contributed by atoms with van der Waals surface area (Å²) >= 11 is 12.3. The zero-order valence-corrected chi connectivity index (χ0v) is 18.6. The maximum atomic E-state index is 12.0. The monoisotopic (exact) mass is 471 g/mol. The van der Waals surface area contributed by atoms with Crippen LogP contribution in [-0.4, -0.2) is 45.5 Å². The summed E-state index contributed by atoms with van der Waals surface area (Å²) in [5, 5.41) is 16.6. The molecular weight excluding hydrogens is 453 g/mol. The SMILES string of the molecule is Cc1cc(OCC(=O)NCCOc2ccc3nnc(-c4ccccc4Cl)n3n2)ccc1Cl. The number of hydrogen-bond donors (Lipinski definition) is 1. The van der Waals surface area contributed by atoms with E-state index in [2.05, 4.69) is 20.6 Å². The predicted molar refractivity (Wildman–Crippen MR) is 121 cm³/mol. The molecule has 0 bridgehead atoms. The third kappa shape index (κ3) is 5.09. The van der Waals surface area contributed by atoms with Gasteiger partial charge < -0.3 is 14.8 Å². The number of amides is 1. The number of aryl methyl sites for hydroxylation is 1. The second kappa shape index (κ2) is 9.84. The average molecular weight is 472 g/mol. The van der Waals surface area contributed by atoms with E-state index < -0.39 is 0 Å². The predicted octanol–water partition coefficient (Wildman–Crippen LogP) is 3.98. The van der Waals surface area contributed by atoms with Crippen molar-refractivity contribution in [1.82, 2.24) is 25.1 Å². The number of halogens is 2. The number of carbonyl (C=O) groups is 1. The fourth-order valence-electron chi connectivity index (χ4n) is 2.91. The molecule has 10 heteroatoms. The minimum absolute atomic E-state index is 0.104. The Balaban J connectivity index is 1.30. The molecule has 2 aromatic heterocycles. The summed E-state index contributed by atoms with van der Waals surface area (Å²) in [4.78, 5) is 12.0. The second-order valence-electron chi connectivity index (χ2n) is 6.84. The lowest BCUT2D eigenvalue weighted by molar-refractivity contribution is -0.123. The molecule has 0 radical (unpaired) electrons. The molecule has 0 unspecified atom stereocenters. The van der Waals surface area contributed by atoms with Crippen molar-refractivity contribution in [2.24, 2.45) is 0 Å². The lowest BCUT2D eigenvalue weighted by Gasteiger charge is -2.09. The van der Waals surface area contributed by atoms with Crippen LogP contribution >= 0.6 is 23.2 Å². The van der Waals surface area contributed by atoms with Gasteiger partial charge in [0, 0.05) is 16.7 Å². The van der Waals surface area contributed by atoms with Crippen LogP contribution in [0.15, 0.2) is 54.6 Å². The summed E-state index contributed by atoms with van der Waals surface area (Å²) in [5.41, 5.74) is 2.16. The van der Waals surface area contributed by atoms with Crippen LogP contribution in [0.3, 0.4) is 0 Å². The molecule has 4 rings (SSSR count). The van der Waals surface area contributed by atoms with Crippen LogP contribution in [-0.2, 0) is 4.79 Å². The van der Waals surface area contributed by atoms with Gasteiger partial charge in [0.1, 0.15) is 12.4 Å². The highest BCUT2D eigenvalue weighted by atomic mass is 35.5. The molecule has 8 nitrogen and oxygen atoms in total. The largest absolute Gasteiger partial charge is 0.484 e. The summed E-state index contributed by atoms with van der Waals surface area (Å²) in [6.45, 7) is 2.29. The Morgan fingerprint density at radius 2 is 1.88 bits per heavy atom. The number of carbonyl (C=O) groups excluding carboxylic acids is 1. The molecule has 164 valence electrons. The van der Waals surface area contributed by atoms with Crippen LogP contribution in [0.4, 0.5) is 0 Å². The van der Waals surface area contributed by atoms with E-state index in [0.717, 1.165) is 11.1 Å². The van der Waals surface area contributed by atoms with Gasteiger partial charge in [-0.3, -0.25) is 4.79 Å². The van der Waals surface area contributed by atoms with Gasteiger partial charge in [0.25, 0.3) is 5.91 Å². The van der Waals surface area contributed by atoms with Crippen molar-refractivity contribution in [3.63, 3.8) is 0 Å². The fourth-order valence-corrected chi connectivity index (χ4v) is 3.25. The van der Waals surface area contributed by atoms with Crippen LogP contribution in [0.5, 0.6) is 11.6 Å². The van der Waals surface area contributed by atoms with Gasteiger partial charge in [-0.1, -0.05) is 35.3 Å². The number of rotatable bonds is 8. The Morgan fingerprint density at radius 1 is 1.03 bits per heavy atom. The molecule has 2 aromatic carbocycles. The van der Waals surface area contributed by atoms with Crippen molar-refractivity contribution in [2.75, 3.05) is 19.8 Å². The van der Waals surface area contributed by atoms with E-state index in [1.165, 1.54) is 0 Å². The van der Waals surface area contributed by atoms with E-state index >= 15 is 0 Å². The van der Waals surface area contributed by atoms with Gasteiger partial charge in [-0.15, -0.1) is 15.3 Å². The van der Waals surface area contributed by atoms with Crippen molar-refractivity contribution in [3.8, 4) is 23.0 Å². The molecule has 1 amide bonds.